The summed E-state index contributed by atoms with van der Waals surface area (Å²) in [5.41, 5.74) is 1.88. The average Bonchev–Trinajstić information content (AvgIpc) is 2.68. The molecule has 2 aliphatic carbocycles. The molecule has 0 bridgehead atoms. The van der Waals surface area contributed by atoms with Gasteiger partial charge in [-0.05, 0) is 107 Å². The highest BCUT2D eigenvalue weighted by Crippen LogP contribution is 2.44. The van der Waals surface area contributed by atoms with Crippen molar-refractivity contribution in [3.63, 3.8) is 0 Å². The number of alkyl halides is 3. The second-order valence-electron chi connectivity index (χ2n) is 9.04. The normalized spacial score (nSPS) is 29.0. The minimum atomic E-state index is -4.24. The highest BCUT2D eigenvalue weighted by Gasteiger charge is 2.32. The summed E-state index contributed by atoms with van der Waals surface area (Å²) in [5, 5.41) is 0. The molecule has 0 nitrogen and oxygen atoms in total. The topological polar surface area (TPSA) is 0 Å². The number of halogens is 3. The predicted molar refractivity (Wildman–Crippen MR) is 110 cm³/mol. The summed E-state index contributed by atoms with van der Waals surface area (Å²) >= 11 is 0. The number of rotatable bonds is 4. The van der Waals surface area contributed by atoms with Gasteiger partial charge in [-0.25, -0.2) is 0 Å². The predicted octanol–water partition coefficient (Wildman–Crippen LogP) is 8.31. The monoisotopic (exact) mass is 390 g/mol. The minimum absolute atomic E-state index is 0.432. The molecule has 154 valence electrons. The van der Waals surface area contributed by atoms with Gasteiger partial charge in [-0.15, -0.1) is 0 Å². The molecule has 2 saturated carbocycles. The van der Waals surface area contributed by atoms with Crippen LogP contribution in [-0.2, 0) is 6.18 Å². The molecule has 0 aromatic heterocycles. The molecule has 2 aliphatic rings. The zero-order valence-corrected chi connectivity index (χ0v) is 17.1. The lowest BCUT2D eigenvalue weighted by Crippen LogP contribution is -2.25. The molecule has 0 unspecified atom stereocenters. The summed E-state index contributed by atoms with van der Waals surface area (Å²) in [7, 11) is 0. The van der Waals surface area contributed by atoms with E-state index in [0.29, 0.717) is 5.92 Å². The van der Waals surface area contributed by atoms with Gasteiger partial charge in [-0.3, -0.25) is 0 Å². The van der Waals surface area contributed by atoms with Gasteiger partial charge in [0.15, 0.2) is 0 Å². The maximum atomic E-state index is 12.7. The first-order valence-corrected chi connectivity index (χ1v) is 10.8. The Kier molecular flexibility index (Phi) is 7.06. The van der Waals surface area contributed by atoms with Crippen molar-refractivity contribution >= 4 is 0 Å². The minimum Gasteiger partial charge on any atom is -0.166 e. The van der Waals surface area contributed by atoms with Gasteiger partial charge in [0.1, 0.15) is 0 Å². The number of hydrogen-bond donors (Lipinski definition) is 0. The Balaban J connectivity index is 1.46. The molecule has 28 heavy (non-hydrogen) atoms. The van der Waals surface area contributed by atoms with Crippen LogP contribution in [-0.4, -0.2) is 0 Å². The molecule has 3 rings (SSSR count). The molecule has 2 fully saturated rings. The fourth-order valence-electron chi connectivity index (χ4n) is 5.08. The van der Waals surface area contributed by atoms with E-state index in [2.05, 4.69) is 32.1 Å². The van der Waals surface area contributed by atoms with Crippen LogP contribution in [0.1, 0.15) is 82.3 Å². The molecule has 0 spiro atoms. The van der Waals surface area contributed by atoms with Crippen molar-refractivity contribution in [2.24, 2.45) is 17.8 Å². The van der Waals surface area contributed by atoms with Crippen LogP contribution in [0.25, 0.3) is 0 Å². The van der Waals surface area contributed by atoms with Crippen molar-refractivity contribution in [1.29, 1.82) is 0 Å². The molecule has 0 saturated heterocycles. The van der Waals surface area contributed by atoms with E-state index in [9.17, 15) is 13.2 Å². The Bertz CT molecular complexity index is 661. The van der Waals surface area contributed by atoms with Crippen molar-refractivity contribution in [2.45, 2.75) is 77.3 Å². The summed E-state index contributed by atoms with van der Waals surface area (Å²) in [4.78, 5) is 0. The van der Waals surface area contributed by atoms with E-state index >= 15 is 0 Å². The van der Waals surface area contributed by atoms with Crippen LogP contribution in [0.4, 0.5) is 13.2 Å². The van der Waals surface area contributed by atoms with Gasteiger partial charge < -0.3 is 0 Å². The van der Waals surface area contributed by atoms with Crippen molar-refractivity contribution in [2.75, 3.05) is 0 Å². The summed E-state index contributed by atoms with van der Waals surface area (Å²) in [6, 6.07) is 5.87. The van der Waals surface area contributed by atoms with E-state index in [4.69, 9.17) is 0 Å². The lowest BCUT2D eigenvalue weighted by atomic mass is 9.68. The van der Waals surface area contributed by atoms with Crippen LogP contribution in [0.15, 0.2) is 48.1 Å². The quantitative estimate of drug-likeness (QED) is 0.453. The number of allylic oxidation sites excluding steroid dienone is 4. The first-order chi connectivity index (χ1) is 13.3. The Morgan fingerprint density at radius 2 is 1.36 bits per heavy atom. The molecule has 0 N–H and O–H groups in total. The Morgan fingerprint density at radius 3 is 1.86 bits per heavy atom. The third kappa shape index (κ3) is 5.75. The molecule has 0 amide bonds. The maximum absolute atomic E-state index is 12.7. The van der Waals surface area contributed by atoms with Crippen LogP contribution in [0.5, 0.6) is 0 Å². The van der Waals surface area contributed by atoms with E-state index in [1.165, 1.54) is 56.2 Å². The second kappa shape index (κ2) is 9.33. The number of hydrogen-bond acceptors (Lipinski definition) is 0. The average molecular weight is 391 g/mol. The Morgan fingerprint density at radius 1 is 0.821 bits per heavy atom. The maximum Gasteiger partial charge on any atom is 0.416 e. The fraction of sp³-hybridized carbons (Fsp3) is 0.600. The third-order valence-electron chi connectivity index (χ3n) is 6.78. The lowest BCUT2D eigenvalue weighted by Gasteiger charge is -2.37. The van der Waals surface area contributed by atoms with E-state index in [0.717, 1.165) is 36.2 Å². The largest absolute Gasteiger partial charge is 0.416 e. The zero-order chi connectivity index (χ0) is 20.1. The zero-order valence-electron chi connectivity index (χ0n) is 17.1. The first kappa shape index (κ1) is 21.2. The molecule has 0 radical (unpaired) electrons. The van der Waals surface area contributed by atoms with Crippen LogP contribution in [0, 0.1) is 17.8 Å². The third-order valence-corrected chi connectivity index (χ3v) is 6.78. The summed E-state index contributed by atoms with van der Waals surface area (Å²) in [6.07, 6.45) is 12.5. The van der Waals surface area contributed by atoms with Gasteiger partial charge >= 0.3 is 6.18 Å². The van der Waals surface area contributed by atoms with Crippen LogP contribution in [0.3, 0.4) is 0 Å². The Hall–Kier alpha value is -1.51. The molecule has 0 aliphatic heterocycles. The van der Waals surface area contributed by atoms with Gasteiger partial charge in [0.05, 0.1) is 5.56 Å². The van der Waals surface area contributed by atoms with Gasteiger partial charge in [0, 0.05) is 0 Å². The molecule has 0 atom stereocenters. The highest BCUT2D eigenvalue weighted by molar-refractivity contribution is 5.27. The highest BCUT2D eigenvalue weighted by atomic mass is 19.4. The van der Waals surface area contributed by atoms with Crippen LogP contribution >= 0.6 is 0 Å². The van der Waals surface area contributed by atoms with Gasteiger partial charge in [-0.1, -0.05) is 35.9 Å². The van der Waals surface area contributed by atoms with Gasteiger partial charge in [0.25, 0.3) is 0 Å². The van der Waals surface area contributed by atoms with Crippen molar-refractivity contribution < 1.29 is 13.2 Å². The van der Waals surface area contributed by atoms with Crippen LogP contribution in [0.2, 0.25) is 0 Å². The summed E-state index contributed by atoms with van der Waals surface area (Å²) < 4.78 is 38.2. The summed E-state index contributed by atoms with van der Waals surface area (Å²) in [5.74, 6) is 2.83. The Labute approximate surface area is 167 Å². The first-order valence-electron chi connectivity index (χ1n) is 10.8. The van der Waals surface area contributed by atoms with Crippen LogP contribution < -0.4 is 0 Å². The van der Waals surface area contributed by atoms with E-state index in [-0.39, 0.29) is 0 Å². The van der Waals surface area contributed by atoms with Crippen molar-refractivity contribution in [1.82, 2.24) is 0 Å². The van der Waals surface area contributed by atoms with E-state index in [1.807, 2.05) is 0 Å². The van der Waals surface area contributed by atoms with Crippen molar-refractivity contribution in [3.8, 4) is 0 Å². The van der Waals surface area contributed by atoms with Gasteiger partial charge in [0.2, 0.25) is 0 Å². The molecule has 0 heterocycles. The molecule has 3 heteroatoms. The lowest BCUT2D eigenvalue weighted by molar-refractivity contribution is -0.137. The fourth-order valence-corrected chi connectivity index (χ4v) is 5.08. The van der Waals surface area contributed by atoms with E-state index in [1.54, 1.807) is 12.1 Å². The standard InChI is InChI=1S/C25H33F3/c1-18(2)4-3-5-19-6-8-20(9-7-19)21-10-12-22(13-11-21)23-14-16-24(17-15-23)25(26,27)28/h3-5,14-17,19-22H,6-13H2,1-2H3. The molecule has 1 aromatic rings. The SMILES string of the molecule is CC(C)=CC=CC1CCC(C2CCC(c3ccc(C(F)(F)F)cc3)CC2)CC1. The number of benzene rings is 1. The second-order valence-corrected chi connectivity index (χ2v) is 9.04. The molecular formula is C25H33F3. The van der Waals surface area contributed by atoms with Crippen molar-refractivity contribution in [3.05, 3.63) is 59.2 Å². The molecule has 1 aromatic carbocycles. The summed E-state index contributed by atoms with van der Waals surface area (Å²) in [6.45, 7) is 4.25. The smallest absolute Gasteiger partial charge is 0.166 e. The molecular weight excluding hydrogens is 357 g/mol. The van der Waals surface area contributed by atoms with E-state index < -0.39 is 11.7 Å². The van der Waals surface area contributed by atoms with Gasteiger partial charge in [-0.2, -0.15) is 13.2 Å².